The van der Waals surface area contributed by atoms with Gasteiger partial charge in [-0.05, 0) is 37.9 Å². The molecule has 0 radical (unpaired) electrons. The summed E-state index contributed by atoms with van der Waals surface area (Å²) in [5, 5.41) is 0. The quantitative estimate of drug-likeness (QED) is 0.733. The van der Waals surface area contributed by atoms with Crippen molar-refractivity contribution in [1.82, 2.24) is 4.90 Å². The van der Waals surface area contributed by atoms with E-state index in [4.69, 9.17) is 0 Å². The monoisotopic (exact) mass is 277 g/mol. The molecule has 20 heavy (non-hydrogen) atoms. The van der Waals surface area contributed by atoms with Crippen molar-refractivity contribution in [3.63, 3.8) is 0 Å². The van der Waals surface area contributed by atoms with Gasteiger partial charge in [-0.15, -0.1) is 0 Å². The Morgan fingerprint density at radius 1 is 1.35 bits per heavy atom. The lowest BCUT2D eigenvalue weighted by molar-refractivity contribution is 0.0952. The van der Waals surface area contributed by atoms with E-state index in [0.29, 0.717) is 23.6 Å². The van der Waals surface area contributed by atoms with Gasteiger partial charge in [-0.2, -0.15) is 0 Å². The molecule has 0 aromatic heterocycles. The second-order valence-corrected chi connectivity index (χ2v) is 5.70. The van der Waals surface area contributed by atoms with Gasteiger partial charge in [0.1, 0.15) is 5.82 Å². The van der Waals surface area contributed by atoms with Crippen LogP contribution in [-0.4, -0.2) is 29.8 Å². The van der Waals surface area contributed by atoms with Crippen molar-refractivity contribution in [3.05, 3.63) is 35.1 Å². The molecule has 1 saturated carbocycles. The predicted octanol–water partition coefficient (Wildman–Crippen LogP) is 3.97. The van der Waals surface area contributed by atoms with Crippen LogP contribution in [0.25, 0.3) is 0 Å². The minimum absolute atomic E-state index is 0.0420. The van der Waals surface area contributed by atoms with E-state index >= 15 is 0 Å². The van der Waals surface area contributed by atoms with Crippen LogP contribution in [0.15, 0.2) is 18.2 Å². The first kappa shape index (κ1) is 15.2. The SMILES string of the molecule is CCN(CCC(=O)c1ccc(C)c(F)c1)C1CCCC1. The van der Waals surface area contributed by atoms with Gasteiger partial charge in [-0.1, -0.05) is 31.9 Å². The van der Waals surface area contributed by atoms with Gasteiger partial charge in [0.15, 0.2) is 5.78 Å². The van der Waals surface area contributed by atoms with Gasteiger partial charge in [0.25, 0.3) is 0 Å². The zero-order chi connectivity index (χ0) is 14.5. The topological polar surface area (TPSA) is 20.3 Å². The lowest BCUT2D eigenvalue weighted by Gasteiger charge is -2.27. The largest absolute Gasteiger partial charge is 0.300 e. The average molecular weight is 277 g/mol. The van der Waals surface area contributed by atoms with Crippen LogP contribution < -0.4 is 0 Å². The van der Waals surface area contributed by atoms with Crippen LogP contribution in [0.3, 0.4) is 0 Å². The molecule has 0 bridgehead atoms. The Morgan fingerprint density at radius 3 is 2.65 bits per heavy atom. The highest BCUT2D eigenvalue weighted by Gasteiger charge is 2.21. The van der Waals surface area contributed by atoms with Crippen LogP contribution in [0.1, 0.15) is 54.9 Å². The minimum Gasteiger partial charge on any atom is -0.300 e. The molecule has 1 fully saturated rings. The van der Waals surface area contributed by atoms with Crippen molar-refractivity contribution in [2.75, 3.05) is 13.1 Å². The van der Waals surface area contributed by atoms with Crippen LogP contribution in [-0.2, 0) is 0 Å². The van der Waals surface area contributed by atoms with Gasteiger partial charge in [0, 0.05) is 24.6 Å². The van der Waals surface area contributed by atoms with E-state index in [0.717, 1.165) is 13.1 Å². The van der Waals surface area contributed by atoms with Gasteiger partial charge in [-0.25, -0.2) is 4.39 Å². The molecule has 1 aliphatic carbocycles. The smallest absolute Gasteiger partial charge is 0.164 e. The van der Waals surface area contributed by atoms with E-state index in [1.54, 1.807) is 19.1 Å². The molecule has 2 rings (SSSR count). The van der Waals surface area contributed by atoms with Crippen molar-refractivity contribution in [2.45, 2.75) is 52.0 Å². The fourth-order valence-corrected chi connectivity index (χ4v) is 3.02. The fraction of sp³-hybridized carbons (Fsp3) is 0.588. The van der Waals surface area contributed by atoms with E-state index in [1.165, 1.54) is 31.7 Å². The molecule has 0 amide bonds. The number of ketones is 1. The van der Waals surface area contributed by atoms with Gasteiger partial charge < -0.3 is 4.90 Å². The van der Waals surface area contributed by atoms with E-state index in [2.05, 4.69) is 11.8 Å². The lowest BCUT2D eigenvalue weighted by Crippen LogP contribution is -2.34. The van der Waals surface area contributed by atoms with E-state index in [9.17, 15) is 9.18 Å². The highest BCUT2D eigenvalue weighted by atomic mass is 19.1. The normalized spacial score (nSPS) is 16.0. The molecule has 3 heteroatoms. The summed E-state index contributed by atoms with van der Waals surface area (Å²) in [7, 11) is 0. The number of carbonyl (C=O) groups excluding carboxylic acids is 1. The third-order valence-electron chi connectivity index (χ3n) is 4.37. The number of hydrogen-bond donors (Lipinski definition) is 0. The Bertz CT molecular complexity index is 466. The van der Waals surface area contributed by atoms with Crippen LogP contribution in [0.5, 0.6) is 0 Å². The molecule has 1 aromatic rings. The Kier molecular flexibility index (Phi) is 5.30. The van der Waals surface area contributed by atoms with Crippen LogP contribution in [0.4, 0.5) is 4.39 Å². The maximum Gasteiger partial charge on any atom is 0.164 e. The summed E-state index contributed by atoms with van der Waals surface area (Å²) < 4.78 is 13.5. The van der Waals surface area contributed by atoms with E-state index in [1.807, 2.05) is 0 Å². The van der Waals surface area contributed by atoms with E-state index < -0.39 is 0 Å². The zero-order valence-corrected chi connectivity index (χ0v) is 12.5. The Hall–Kier alpha value is -1.22. The van der Waals surface area contributed by atoms with Gasteiger partial charge in [0.05, 0.1) is 0 Å². The first-order chi connectivity index (χ1) is 9.61. The zero-order valence-electron chi connectivity index (χ0n) is 12.5. The number of Topliss-reactive ketones (excluding diaryl/α,β-unsaturated/α-hetero) is 1. The summed E-state index contributed by atoms with van der Waals surface area (Å²) in [6.07, 6.45) is 5.59. The molecular formula is C17H24FNO. The lowest BCUT2D eigenvalue weighted by atomic mass is 10.1. The summed E-state index contributed by atoms with van der Waals surface area (Å²) in [5.41, 5.74) is 1.08. The Morgan fingerprint density at radius 2 is 2.05 bits per heavy atom. The summed E-state index contributed by atoms with van der Waals surface area (Å²) in [5.74, 6) is -0.251. The first-order valence-electron chi connectivity index (χ1n) is 7.65. The van der Waals surface area contributed by atoms with Crippen LogP contribution >= 0.6 is 0 Å². The van der Waals surface area contributed by atoms with Crippen molar-refractivity contribution >= 4 is 5.78 Å². The standard InChI is InChI=1S/C17H24FNO/c1-3-19(15-6-4-5-7-15)11-10-17(20)14-9-8-13(2)16(18)12-14/h8-9,12,15H,3-7,10-11H2,1-2H3. The molecule has 0 atom stereocenters. The molecule has 0 aliphatic heterocycles. The third-order valence-corrected chi connectivity index (χ3v) is 4.37. The third kappa shape index (κ3) is 3.66. The molecule has 110 valence electrons. The highest BCUT2D eigenvalue weighted by molar-refractivity contribution is 5.96. The number of rotatable bonds is 6. The molecule has 1 aliphatic rings. The molecule has 0 heterocycles. The first-order valence-corrected chi connectivity index (χ1v) is 7.65. The maximum atomic E-state index is 13.5. The van der Waals surface area contributed by atoms with Crippen LogP contribution in [0, 0.1) is 12.7 Å². The van der Waals surface area contributed by atoms with Crippen molar-refractivity contribution in [2.24, 2.45) is 0 Å². The summed E-state index contributed by atoms with van der Waals surface area (Å²) in [4.78, 5) is 14.5. The average Bonchev–Trinajstić information content (AvgIpc) is 2.96. The number of hydrogen-bond acceptors (Lipinski definition) is 2. The Balaban J connectivity index is 1.91. The molecule has 2 nitrogen and oxygen atoms in total. The second kappa shape index (κ2) is 6.98. The number of nitrogens with zero attached hydrogens (tertiary/aromatic N) is 1. The summed E-state index contributed by atoms with van der Waals surface area (Å²) >= 11 is 0. The predicted molar refractivity (Wildman–Crippen MR) is 79.6 cm³/mol. The summed E-state index contributed by atoms with van der Waals surface area (Å²) in [6.45, 7) is 5.63. The van der Waals surface area contributed by atoms with E-state index in [-0.39, 0.29) is 11.6 Å². The molecular weight excluding hydrogens is 253 g/mol. The number of benzene rings is 1. The minimum atomic E-state index is -0.293. The highest BCUT2D eigenvalue weighted by Crippen LogP contribution is 2.23. The van der Waals surface area contributed by atoms with Gasteiger partial charge >= 0.3 is 0 Å². The fourth-order valence-electron chi connectivity index (χ4n) is 3.02. The van der Waals surface area contributed by atoms with Gasteiger partial charge in [-0.3, -0.25) is 4.79 Å². The van der Waals surface area contributed by atoms with Crippen molar-refractivity contribution in [1.29, 1.82) is 0 Å². The molecule has 0 saturated heterocycles. The van der Waals surface area contributed by atoms with Crippen LogP contribution in [0.2, 0.25) is 0 Å². The Labute approximate surface area is 121 Å². The molecule has 0 unspecified atom stereocenters. The molecule has 0 spiro atoms. The van der Waals surface area contributed by atoms with Crippen molar-refractivity contribution in [3.8, 4) is 0 Å². The second-order valence-electron chi connectivity index (χ2n) is 5.70. The van der Waals surface area contributed by atoms with Crippen molar-refractivity contribution < 1.29 is 9.18 Å². The number of carbonyl (C=O) groups is 1. The number of halogens is 1. The number of aryl methyl sites for hydroxylation is 1. The molecule has 1 aromatic carbocycles. The summed E-state index contributed by atoms with van der Waals surface area (Å²) in [6, 6.07) is 5.41. The van der Waals surface area contributed by atoms with Gasteiger partial charge in [0.2, 0.25) is 0 Å². The molecule has 0 N–H and O–H groups in total. The maximum absolute atomic E-state index is 13.5.